The summed E-state index contributed by atoms with van der Waals surface area (Å²) in [6.07, 6.45) is -1.21. The Hall–Kier alpha value is -4.29. The molecule has 0 saturated carbocycles. The third kappa shape index (κ3) is 5.20. The van der Waals surface area contributed by atoms with Gasteiger partial charge in [-0.3, -0.25) is 14.3 Å². The number of carbonyl (C=O) groups is 2. The van der Waals surface area contributed by atoms with E-state index < -0.39 is 23.9 Å². The Labute approximate surface area is 229 Å². The summed E-state index contributed by atoms with van der Waals surface area (Å²) in [6, 6.07) is 11.1. The first-order valence-electron chi connectivity index (χ1n) is 11.5. The number of nitrogens with one attached hydrogen (secondary N) is 1. The first-order valence-corrected chi connectivity index (χ1v) is 12.6. The quantitative estimate of drug-likeness (QED) is 0.231. The molecule has 0 bridgehead atoms. The summed E-state index contributed by atoms with van der Waals surface area (Å²) in [5.41, 5.74) is 6.59. The summed E-state index contributed by atoms with van der Waals surface area (Å²) >= 11 is 6.91. The maximum Gasteiger partial charge on any atom is 0.291 e. The molecule has 0 radical (unpaired) electrons. The lowest BCUT2D eigenvalue weighted by atomic mass is 10.0. The molecular formula is C26H20ClF2N5O4S. The van der Waals surface area contributed by atoms with Crippen LogP contribution in [0.1, 0.15) is 43.8 Å². The van der Waals surface area contributed by atoms with Gasteiger partial charge in [0, 0.05) is 24.2 Å². The number of furan rings is 1. The molecule has 0 aliphatic rings. The van der Waals surface area contributed by atoms with Crippen molar-refractivity contribution in [1.82, 2.24) is 14.8 Å². The maximum atomic E-state index is 13.7. The number of aromatic nitrogens is 3. The van der Waals surface area contributed by atoms with E-state index in [1.807, 2.05) is 0 Å². The maximum absolute atomic E-state index is 13.7. The van der Waals surface area contributed by atoms with Gasteiger partial charge < -0.3 is 20.2 Å². The molecule has 13 heteroatoms. The number of alkyl halides is 2. The third-order valence-corrected chi connectivity index (χ3v) is 7.17. The van der Waals surface area contributed by atoms with Gasteiger partial charge in [0.05, 0.1) is 16.4 Å². The van der Waals surface area contributed by atoms with Gasteiger partial charge in [-0.15, -0.1) is 11.3 Å². The molecule has 0 aliphatic carbocycles. The number of amides is 2. The molecule has 0 unspecified atom stereocenters. The zero-order valence-corrected chi connectivity index (χ0v) is 22.1. The van der Waals surface area contributed by atoms with Crippen molar-refractivity contribution < 1.29 is 27.5 Å². The molecule has 5 rings (SSSR count). The summed E-state index contributed by atoms with van der Waals surface area (Å²) in [4.78, 5) is 29.6. The molecule has 39 heavy (non-hydrogen) atoms. The highest BCUT2D eigenvalue weighted by Gasteiger charge is 2.27. The molecule has 9 nitrogen and oxygen atoms in total. The van der Waals surface area contributed by atoms with Crippen molar-refractivity contribution in [3.8, 4) is 16.9 Å². The Kier molecular flexibility index (Phi) is 7.06. The van der Waals surface area contributed by atoms with Crippen molar-refractivity contribution in [3.63, 3.8) is 0 Å². The summed E-state index contributed by atoms with van der Waals surface area (Å²) in [6.45, 7) is 1.73. The molecule has 0 aliphatic heterocycles. The van der Waals surface area contributed by atoms with E-state index in [1.54, 1.807) is 50.5 Å². The second-order valence-electron chi connectivity index (χ2n) is 8.49. The molecule has 0 spiro atoms. The van der Waals surface area contributed by atoms with Crippen molar-refractivity contribution in [2.75, 3.05) is 5.32 Å². The van der Waals surface area contributed by atoms with E-state index in [1.165, 1.54) is 16.8 Å². The van der Waals surface area contributed by atoms with E-state index in [0.29, 0.717) is 33.4 Å². The SMILES string of the molecule is Cc1nn(C)cc1-c1cc(C(F)F)nc2sc(C(N)=O)c(NC(=O)c3ccc(COc4ccccc4Cl)o3)c12. The molecule has 0 saturated heterocycles. The van der Waals surface area contributed by atoms with Gasteiger partial charge in [0.1, 0.15) is 33.5 Å². The van der Waals surface area contributed by atoms with E-state index >= 15 is 0 Å². The smallest absolute Gasteiger partial charge is 0.291 e. The minimum Gasteiger partial charge on any atom is -0.484 e. The first kappa shape index (κ1) is 26.3. The van der Waals surface area contributed by atoms with E-state index in [4.69, 9.17) is 26.5 Å². The minimum absolute atomic E-state index is 0.00961. The van der Waals surface area contributed by atoms with Crippen molar-refractivity contribution in [2.45, 2.75) is 20.0 Å². The predicted molar refractivity (Wildman–Crippen MR) is 142 cm³/mol. The van der Waals surface area contributed by atoms with Crippen LogP contribution in [0.5, 0.6) is 5.75 Å². The molecule has 1 aromatic carbocycles. The fourth-order valence-electron chi connectivity index (χ4n) is 4.06. The van der Waals surface area contributed by atoms with Crippen LogP contribution in [0.4, 0.5) is 14.5 Å². The van der Waals surface area contributed by atoms with Gasteiger partial charge >= 0.3 is 0 Å². The lowest BCUT2D eigenvalue weighted by Crippen LogP contribution is -2.16. The molecule has 0 atom stereocenters. The molecule has 0 fully saturated rings. The summed E-state index contributed by atoms with van der Waals surface area (Å²) in [5.74, 6) is -0.813. The van der Waals surface area contributed by atoms with Gasteiger partial charge in [-0.2, -0.15) is 5.10 Å². The van der Waals surface area contributed by atoms with Crippen LogP contribution in [-0.4, -0.2) is 26.6 Å². The Morgan fingerprint density at radius 1 is 1.23 bits per heavy atom. The topological polar surface area (TPSA) is 125 Å². The van der Waals surface area contributed by atoms with Gasteiger partial charge in [-0.1, -0.05) is 23.7 Å². The van der Waals surface area contributed by atoms with Crippen molar-refractivity contribution in [2.24, 2.45) is 12.8 Å². The number of pyridine rings is 1. The molecule has 4 aromatic heterocycles. The second kappa shape index (κ2) is 10.5. The summed E-state index contributed by atoms with van der Waals surface area (Å²) in [7, 11) is 1.69. The molecule has 2 amide bonds. The average Bonchev–Trinajstić information content (AvgIpc) is 3.60. The second-order valence-corrected chi connectivity index (χ2v) is 9.89. The number of nitrogens with zero attached hydrogens (tertiary/aromatic N) is 3. The fraction of sp³-hybridized carbons (Fsp3) is 0.154. The molecule has 5 aromatic rings. The van der Waals surface area contributed by atoms with Crippen LogP contribution >= 0.6 is 22.9 Å². The van der Waals surface area contributed by atoms with Crippen LogP contribution in [0, 0.1) is 6.92 Å². The predicted octanol–water partition coefficient (Wildman–Crippen LogP) is 6.12. The normalized spacial score (nSPS) is 11.3. The van der Waals surface area contributed by atoms with Crippen LogP contribution in [0.15, 0.2) is 53.1 Å². The van der Waals surface area contributed by atoms with Gasteiger partial charge in [-0.05, 0) is 42.8 Å². The first-order chi connectivity index (χ1) is 18.6. The minimum atomic E-state index is -2.86. The highest BCUT2D eigenvalue weighted by molar-refractivity contribution is 7.21. The third-order valence-electron chi connectivity index (χ3n) is 5.76. The average molecular weight is 572 g/mol. The number of thiophene rings is 1. The molecule has 3 N–H and O–H groups in total. The zero-order chi connectivity index (χ0) is 27.8. The number of para-hydroxylation sites is 1. The Bertz CT molecular complexity index is 1730. The number of carbonyl (C=O) groups excluding carboxylic acids is 2. The largest absolute Gasteiger partial charge is 0.484 e. The molecule has 4 heterocycles. The van der Waals surface area contributed by atoms with E-state index in [0.717, 1.165) is 11.3 Å². The van der Waals surface area contributed by atoms with Crippen molar-refractivity contribution >= 4 is 50.7 Å². The highest BCUT2D eigenvalue weighted by atomic mass is 35.5. The van der Waals surface area contributed by atoms with E-state index in [2.05, 4.69) is 15.4 Å². The van der Waals surface area contributed by atoms with Crippen molar-refractivity contribution in [3.05, 3.63) is 81.5 Å². The Morgan fingerprint density at radius 2 is 2.00 bits per heavy atom. The number of ether oxygens (including phenoxy) is 1. The number of nitrogens with two attached hydrogens (primary N) is 1. The van der Waals surface area contributed by atoms with Crippen LogP contribution in [0.3, 0.4) is 0 Å². The number of halogens is 3. The number of anilines is 1. The Morgan fingerprint density at radius 3 is 2.67 bits per heavy atom. The lowest BCUT2D eigenvalue weighted by molar-refractivity contribution is 0.0992. The number of rotatable bonds is 8. The number of hydrogen-bond acceptors (Lipinski definition) is 7. The lowest BCUT2D eigenvalue weighted by Gasteiger charge is -2.10. The highest BCUT2D eigenvalue weighted by Crippen LogP contribution is 2.43. The van der Waals surface area contributed by atoms with Gasteiger partial charge in [0.2, 0.25) is 0 Å². The van der Waals surface area contributed by atoms with Crippen molar-refractivity contribution in [1.29, 1.82) is 0 Å². The van der Waals surface area contributed by atoms with Crippen LogP contribution in [0.25, 0.3) is 21.3 Å². The van der Waals surface area contributed by atoms with Crippen LogP contribution in [0.2, 0.25) is 5.02 Å². The molecule has 200 valence electrons. The summed E-state index contributed by atoms with van der Waals surface area (Å²) < 4.78 is 40.3. The van der Waals surface area contributed by atoms with Gasteiger partial charge in [-0.25, -0.2) is 13.8 Å². The number of hydrogen-bond donors (Lipinski definition) is 2. The monoisotopic (exact) mass is 571 g/mol. The van der Waals surface area contributed by atoms with Gasteiger partial charge in [0.25, 0.3) is 18.2 Å². The Balaban J connectivity index is 1.52. The van der Waals surface area contributed by atoms with Gasteiger partial charge in [0.15, 0.2) is 5.76 Å². The number of primary amides is 1. The number of fused-ring (bicyclic) bond motifs is 1. The van der Waals surface area contributed by atoms with E-state index in [-0.39, 0.29) is 33.1 Å². The fourth-order valence-corrected chi connectivity index (χ4v) is 5.27. The van der Waals surface area contributed by atoms with Crippen LogP contribution in [-0.2, 0) is 13.7 Å². The summed E-state index contributed by atoms with van der Waals surface area (Å²) in [5, 5.41) is 7.68. The standard InChI is InChI=1S/C26H20ClF2N5O4S/c1-12-15(10-34(2)33-12)14-9-17(23(28)29)31-26-20(14)21(22(39-26)24(30)35)32-25(36)19-8-7-13(38-19)11-37-18-6-4-3-5-16(18)27/h3-10,23H,11H2,1-2H3,(H2,30,35)(H,32,36). The van der Waals surface area contributed by atoms with Crippen LogP contribution < -0.4 is 15.8 Å². The van der Waals surface area contributed by atoms with E-state index in [9.17, 15) is 18.4 Å². The zero-order valence-electron chi connectivity index (χ0n) is 20.5. The molecular weight excluding hydrogens is 552 g/mol. The number of aryl methyl sites for hydroxylation is 2. The number of benzene rings is 1.